The van der Waals surface area contributed by atoms with Crippen molar-refractivity contribution in [2.45, 2.75) is 51.0 Å². The van der Waals surface area contributed by atoms with Crippen molar-refractivity contribution in [1.82, 2.24) is 14.7 Å². The molecule has 28 heavy (non-hydrogen) atoms. The second-order valence-electron chi connectivity index (χ2n) is 9.08. The molecule has 5 heteroatoms. The van der Waals surface area contributed by atoms with Crippen molar-refractivity contribution in [2.75, 3.05) is 39.8 Å². The highest BCUT2D eigenvalue weighted by Gasteiger charge is 2.49. The lowest BCUT2D eigenvalue weighted by Crippen LogP contribution is -2.55. The highest BCUT2D eigenvalue weighted by molar-refractivity contribution is 5.85. The Hall–Kier alpha value is -1.88. The van der Waals surface area contributed by atoms with Gasteiger partial charge in [0.25, 0.3) is 0 Å². The molecule has 2 saturated heterocycles. The Morgan fingerprint density at radius 2 is 1.86 bits per heavy atom. The van der Waals surface area contributed by atoms with Crippen LogP contribution in [0, 0.1) is 5.41 Å². The summed E-state index contributed by atoms with van der Waals surface area (Å²) in [5, 5.41) is 0. The molecule has 2 heterocycles. The topological polar surface area (TPSA) is 43.9 Å². The lowest BCUT2D eigenvalue weighted by molar-refractivity contribution is -0.145. The molecule has 0 unspecified atom stereocenters. The van der Waals surface area contributed by atoms with E-state index in [1.165, 1.54) is 0 Å². The number of rotatable bonds is 5. The Kier molecular flexibility index (Phi) is 5.46. The van der Waals surface area contributed by atoms with Crippen LogP contribution in [-0.2, 0) is 9.59 Å². The van der Waals surface area contributed by atoms with E-state index in [0.29, 0.717) is 18.5 Å². The van der Waals surface area contributed by atoms with Gasteiger partial charge < -0.3 is 9.80 Å². The third-order valence-corrected chi connectivity index (χ3v) is 7.04. The first kappa shape index (κ1) is 19.4. The molecule has 1 saturated carbocycles. The summed E-state index contributed by atoms with van der Waals surface area (Å²) in [5.74, 6) is 0.538. The van der Waals surface area contributed by atoms with E-state index < -0.39 is 0 Å². The van der Waals surface area contributed by atoms with Gasteiger partial charge in [-0.3, -0.25) is 14.5 Å². The number of hydrogen-bond acceptors (Lipinski definition) is 3. The molecular weight excluding hydrogens is 350 g/mol. The molecule has 1 spiro atoms. The SMILES string of the molecule is CCN(C)CC(=O)N1CCC2(CC1)C[C@H](c1ccccc1)C(=O)N(C1CC1)C2. The van der Waals surface area contributed by atoms with Crippen LogP contribution < -0.4 is 0 Å². The molecule has 0 radical (unpaired) electrons. The monoisotopic (exact) mass is 383 g/mol. The summed E-state index contributed by atoms with van der Waals surface area (Å²) >= 11 is 0. The number of nitrogens with zero attached hydrogens (tertiary/aromatic N) is 3. The van der Waals surface area contributed by atoms with Crippen LogP contribution in [0.4, 0.5) is 0 Å². The zero-order valence-corrected chi connectivity index (χ0v) is 17.3. The maximum atomic E-state index is 13.2. The van der Waals surface area contributed by atoms with E-state index in [9.17, 15) is 9.59 Å². The summed E-state index contributed by atoms with van der Waals surface area (Å²) in [6.07, 6.45) is 5.24. The summed E-state index contributed by atoms with van der Waals surface area (Å²) in [5.41, 5.74) is 1.31. The maximum Gasteiger partial charge on any atom is 0.236 e. The highest BCUT2D eigenvalue weighted by atomic mass is 16.2. The second kappa shape index (κ2) is 7.86. The minimum absolute atomic E-state index is 0.0240. The van der Waals surface area contributed by atoms with Gasteiger partial charge in [0.2, 0.25) is 11.8 Å². The van der Waals surface area contributed by atoms with Crippen molar-refractivity contribution in [3.8, 4) is 0 Å². The van der Waals surface area contributed by atoms with Crippen LogP contribution in [-0.4, -0.2) is 72.3 Å². The standard InChI is InChI=1S/C23H33N3O2/c1-3-24(2)16-21(27)25-13-11-23(12-14-25)15-20(18-7-5-4-6-8-18)22(28)26(17-23)19-9-10-19/h4-8,19-20H,3,9-17H2,1-2H3/t20-/m1/s1. The average molecular weight is 384 g/mol. The number of hydrogen-bond donors (Lipinski definition) is 0. The maximum absolute atomic E-state index is 13.2. The fraction of sp³-hybridized carbons (Fsp3) is 0.652. The molecule has 2 aliphatic heterocycles. The summed E-state index contributed by atoms with van der Waals surface area (Å²) in [7, 11) is 1.99. The van der Waals surface area contributed by atoms with Crippen LogP contribution in [0.15, 0.2) is 30.3 Å². The van der Waals surface area contributed by atoms with Gasteiger partial charge in [0.15, 0.2) is 0 Å². The quantitative estimate of drug-likeness (QED) is 0.785. The lowest BCUT2D eigenvalue weighted by atomic mass is 9.67. The van der Waals surface area contributed by atoms with Crippen LogP contribution in [0.25, 0.3) is 0 Å². The first-order valence-corrected chi connectivity index (χ1v) is 10.8. The molecular formula is C23H33N3O2. The Morgan fingerprint density at radius 1 is 1.18 bits per heavy atom. The van der Waals surface area contributed by atoms with Gasteiger partial charge in [-0.05, 0) is 56.7 Å². The number of carbonyl (C=O) groups excluding carboxylic acids is 2. The van der Waals surface area contributed by atoms with E-state index in [4.69, 9.17) is 0 Å². The van der Waals surface area contributed by atoms with Gasteiger partial charge in [-0.25, -0.2) is 0 Å². The number of amides is 2. The first-order valence-electron chi connectivity index (χ1n) is 10.8. The predicted octanol–water partition coefficient (Wildman–Crippen LogP) is 2.73. The molecule has 1 aliphatic carbocycles. The molecule has 4 rings (SSSR count). The van der Waals surface area contributed by atoms with E-state index in [2.05, 4.69) is 28.9 Å². The number of piperidine rings is 2. The third kappa shape index (κ3) is 3.95. The van der Waals surface area contributed by atoms with Crippen LogP contribution in [0.5, 0.6) is 0 Å². The molecule has 1 aromatic carbocycles. The molecule has 0 N–H and O–H groups in total. The molecule has 2 amide bonds. The normalized spacial score (nSPS) is 24.8. The Balaban J connectivity index is 1.48. The lowest BCUT2D eigenvalue weighted by Gasteiger charge is -2.50. The highest BCUT2D eigenvalue weighted by Crippen LogP contribution is 2.48. The van der Waals surface area contributed by atoms with Crippen LogP contribution in [0.3, 0.4) is 0 Å². The second-order valence-corrected chi connectivity index (χ2v) is 9.08. The third-order valence-electron chi connectivity index (χ3n) is 7.04. The van der Waals surface area contributed by atoms with E-state index in [-0.39, 0.29) is 17.2 Å². The molecule has 3 aliphatic rings. The molecule has 0 bridgehead atoms. The average Bonchev–Trinajstić information content (AvgIpc) is 3.56. The smallest absolute Gasteiger partial charge is 0.236 e. The van der Waals surface area contributed by atoms with Gasteiger partial charge in [0, 0.05) is 25.7 Å². The summed E-state index contributed by atoms with van der Waals surface area (Å²) < 4.78 is 0. The minimum Gasteiger partial charge on any atom is -0.342 e. The van der Waals surface area contributed by atoms with Crippen molar-refractivity contribution in [3.63, 3.8) is 0 Å². The van der Waals surface area contributed by atoms with Crippen LogP contribution in [0.2, 0.25) is 0 Å². The van der Waals surface area contributed by atoms with Gasteiger partial charge in [0.05, 0.1) is 12.5 Å². The van der Waals surface area contributed by atoms with Gasteiger partial charge in [0.1, 0.15) is 0 Å². The van der Waals surface area contributed by atoms with Crippen molar-refractivity contribution in [3.05, 3.63) is 35.9 Å². The van der Waals surface area contributed by atoms with Gasteiger partial charge in [-0.2, -0.15) is 0 Å². The predicted molar refractivity (Wildman–Crippen MR) is 110 cm³/mol. The number of likely N-dealkylation sites (tertiary alicyclic amines) is 2. The van der Waals surface area contributed by atoms with Gasteiger partial charge in [-0.1, -0.05) is 37.3 Å². The van der Waals surface area contributed by atoms with Crippen molar-refractivity contribution < 1.29 is 9.59 Å². The minimum atomic E-state index is -0.0240. The van der Waals surface area contributed by atoms with E-state index >= 15 is 0 Å². The first-order chi connectivity index (χ1) is 13.5. The zero-order chi connectivity index (χ0) is 19.7. The summed E-state index contributed by atoms with van der Waals surface area (Å²) in [4.78, 5) is 32.1. The van der Waals surface area contributed by atoms with Crippen molar-refractivity contribution >= 4 is 11.8 Å². The van der Waals surface area contributed by atoms with Crippen LogP contribution >= 0.6 is 0 Å². The molecule has 5 nitrogen and oxygen atoms in total. The summed E-state index contributed by atoms with van der Waals surface area (Å²) in [6, 6.07) is 10.8. The van der Waals surface area contributed by atoms with E-state index in [1.807, 2.05) is 30.1 Å². The van der Waals surface area contributed by atoms with Gasteiger partial charge >= 0.3 is 0 Å². The van der Waals surface area contributed by atoms with E-state index in [1.54, 1.807) is 0 Å². The van der Waals surface area contributed by atoms with Crippen molar-refractivity contribution in [1.29, 1.82) is 0 Å². The Morgan fingerprint density at radius 3 is 2.46 bits per heavy atom. The largest absolute Gasteiger partial charge is 0.342 e. The molecule has 152 valence electrons. The Bertz CT molecular complexity index is 708. The molecule has 1 atom stereocenters. The summed E-state index contributed by atoms with van der Waals surface area (Å²) in [6.45, 7) is 6.00. The van der Waals surface area contributed by atoms with E-state index in [0.717, 1.165) is 63.8 Å². The number of carbonyl (C=O) groups is 2. The molecule has 1 aromatic rings. The Labute approximate surface area is 168 Å². The van der Waals surface area contributed by atoms with Gasteiger partial charge in [-0.15, -0.1) is 0 Å². The molecule has 3 fully saturated rings. The zero-order valence-electron chi connectivity index (χ0n) is 17.3. The number of benzene rings is 1. The van der Waals surface area contributed by atoms with Crippen LogP contribution in [0.1, 0.15) is 50.5 Å². The fourth-order valence-corrected chi connectivity index (χ4v) is 4.90. The fourth-order valence-electron chi connectivity index (χ4n) is 4.90. The molecule has 0 aromatic heterocycles. The van der Waals surface area contributed by atoms with Crippen molar-refractivity contribution in [2.24, 2.45) is 5.41 Å². The number of likely N-dealkylation sites (N-methyl/N-ethyl adjacent to an activating group) is 1.